The number of aryl methyl sites for hydroxylation is 1. The van der Waals surface area contributed by atoms with Crippen LogP contribution in [0.4, 0.5) is 10.1 Å². The Hall–Kier alpha value is -2.49. The van der Waals surface area contributed by atoms with E-state index in [1.807, 2.05) is 31.2 Å². The van der Waals surface area contributed by atoms with Crippen LogP contribution in [-0.2, 0) is 19.6 Å². The van der Waals surface area contributed by atoms with Crippen LogP contribution in [0.15, 0.2) is 47.4 Å². The van der Waals surface area contributed by atoms with Crippen LogP contribution in [0.3, 0.4) is 0 Å². The standard InChI is InChI=1S/C21H25FN2O5S/c1-16-4-7-18(8-5-16)29-12-2-3-21(25)23-17-6-9-19(22)20(15-17)30(26,27)24-10-13-28-14-11-24/h4-9,15H,2-3,10-14H2,1H3,(H,23,25). The zero-order valence-corrected chi connectivity index (χ0v) is 17.6. The highest BCUT2D eigenvalue weighted by Crippen LogP contribution is 2.24. The van der Waals surface area contributed by atoms with Gasteiger partial charge in [-0.25, -0.2) is 12.8 Å². The Balaban J connectivity index is 1.55. The maximum atomic E-state index is 14.2. The molecule has 0 bridgehead atoms. The molecular weight excluding hydrogens is 411 g/mol. The smallest absolute Gasteiger partial charge is 0.246 e. The van der Waals surface area contributed by atoms with Crippen LogP contribution in [-0.4, -0.2) is 51.5 Å². The van der Waals surface area contributed by atoms with Crippen LogP contribution >= 0.6 is 0 Å². The highest BCUT2D eigenvalue weighted by molar-refractivity contribution is 7.89. The van der Waals surface area contributed by atoms with Crippen LogP contribution in [0.25, 0.3) is 0 Å². The van der Waals surface area contributed by atoms with Crippen molar-refractivity contribution in [2.75, 3.05) is 38.2 Å². The van der Waals surface area contributed by atoms with Crippen molar-refractivity contribution in [2.24, 2.45) is 0 Å². The van der Waals surface area contributed by atoms with Gasteiger partial charge in [-0.15, -0.1) is 0 Å². The van der Waals surface area contributed by atoms with Gasteiger partial charge < -0.3 is 14.8 Å². The van der Waals surface area contributed by atoms with Crippen molar-refractivity contribution in [1.82, 2.24) is 4.31 Å². The normalized spacial score (nSPS) is 15.0. The molecule has 1 fully saturated rings. The molecule has 0 unspecified atom stereocenters. The summed E-state index contributed by atoms with van der Waals surface area (Å²) >= 11 is 0. The number of carbonyl (C=O) groups excluding carboxylic acids is 1. The molecule has 2 aromatic carbocycles. The Morgan fingerprint density at radius 3 is 2.57 bits per heavy atom. The summed E-state index contributed by atoms with van der Waals surface area (Å²) in [4.78, 5) is 11.7. The lowest BCUT2D eigenvalue weighted by atomic mass is 10.2. The van der Waals surface area contributed by atoms with Crippen molar-refractivity contribution in [3.05, 3.63) is 53.8 Å². The lowest BCUT2D eigenvalue weighted by molar-refractivity contribution is -0.116. The lowest BCUT2D eigenvalue weighted by Gasteiger charge is -2.26. The molecule has 1 aliphatic heterocycles. The van der Waals surface area contributed by atoms with E-state index >= 15 is 0 Å². The van der Waals surface area contributed by atoms with Gasteiger partial charge in [-0.3, -0.25) is 4.79 Å². The number of rotatable bonds is 8. The summed E-state index contributed by atoms with van der Waals surface area (Å²) in [5, 5.41) is 2.62. The summed E-state index contributed by atoms with van der Waals surface area (Å²) in [7, 11) is -4.00. The number of morpholine rings is 1. The van der Waals surface area contributed by atoms with Gasteiger partial charge in [-0.2, -0.15) is 4.31 Å². The number of nitrogens with one attached hydrogen (secondary N) is 1. The number of sulfonamides is 1. The minimum atomic E-state index is -4.00. The van der Waals surface area contributed by atoms with Gasteiger partial charge in [-0.05, 0) is 43.7 Å². The molecule has 0 aromatic heterocycles. The molecular formula is C21H25FN2O5S. The zero-order valence-electron chi connectivity index (χ0n) is 16.8. The second kappa shape index (κ2) is 10.0. The second-order valence-electron chi connectivity index (χ2n) is 6.97. The fourth-order valence-electron chi connectivity index (χ4n) is 2.99. The van der Waals surface area contributed by atoms with Crippen molar-refractivity contribution < 1.29 is 27.1 Å². The van der Waals surface area contributed by atoms with Crippen LogP contribution in [0.1, 0.15) is 18.4 Å². The van der Waals surface area contributed by atoms with E-state index in [2.05, 4.69) is 5.32 Å². The molecule has 7 nitrogen and oxygen atoms in total. The molecule has 0 spiro atoms. The van der Waals surface area contributed by atoms with Gasteiger partial charge in [-0.1, -0.05) is 17.7 Å². The minimum Gasteiger partial charge on any atom is -0.494 e. The Morgan fingerprint density at radius 1 is 1.17 bits per heavy atom. The molecule has 30 heavy (non-hydrogen) atoms. The topological polar surface area (TPSA) is 84.9 Å². The SMILES string of the molecule is Cc1ccc(OCCCC(=O)Nc2ccc(F)c(S(=O)(=O)N3CCOCC3)c2)cc1. The summed E-state index contributed by atoms with van der Waals surface area (Å²) in [5.41, 5.74) is 1.36. The fourth-order valence-corrected chi connectivity index (χ4v) is 4.48. The summed E-state index contributed by atoms with van der Waals surface area (Å²) in [5.74, 6) is -0.424. The number of hydrogen-bond donors (Lipinski definition) is 1. The summed E-state index contributed by atoms with van der Waals surface area (Å²) in [6.45, 7) is 3.22. The summed E-state index contributed by atoms with van der Waals surface area (Å²) in [6, 6.07) is 11.2. The Labute approximate surface area is 175 Å². The van der Waals surface area contributed by atoms with E-state index in [1.54, 1.807) is 0 Å². The number of halogens is 1. The number of hydrogen-bond acceptors (Lipinski definition) is 5. The average Bonchev–Trinajstić information content (AvgIpc) is 2.74. The van der Waals surface area contributed by atoms with Gasteiger partial charge in [0.15, 0.2) is 0 Å². The largest absolute Gasteiger partial charge is 0.494 e. The molecule has 1 aliphatic rings. The number of nitrogens with zero attached hydrogens (tertiary/aromatic N) is 1. The third kappa shape index (κ3) is 5.78. The molecule has 162 valence electrons. The third-order valence-corrected chi connectivity index (χ3v) is 6.55. The molecule has 3 rings (SSSR count). The molecule has 1 N–H and O–H groups in total. The van der Waals surface area contributed by atoms with Crippen LogP contribution in [0, 0.1) is 12.7 Å². The number of benzene rings is 2. The van der Waals surface area contributed by atoms with Crippen molar-refractivity contribution in [3.8, 4) is 5.75 Å². The van der Waals surface area contributed by atoms with Crippen molar-refractivity contribution >= 4 is 21.6 Å². The zero-order chi connectivity index (χ0) is 21.6. The second-order valence-corrected chi connectivity index (χ2v) is 8.88. The number of ether oxygens (including phenoxy) is 2. The lowest BCUT2D eigenvalue weighted by Crippen LogP contribution is -2.40. The van der Waals surface area contributed by atoms with Gasteiger partial charge in [0.1, 0.15) is 16.5 Å². The maximum Gasteiger partial charge on any atom is 0.246 e. The van der Waals surface area contributed by atoms with Crippen LogP contribution in [0.5, 0.6) is 5.75 Å². The Bertz CT molecular complexity index is 973. The van der Waals surface area contributed by atoms with Gasteiger partial charge in [0, 0.05) is 25.2 Å². The quantitative estimate of drug-likeness (QED) is 0.643. The molecule has 1 amide bonds. The van der Waals surface area contributed by atoms with E-state index in [9.17, 15) is 17.6 Å². The predicted octanol–water partition coefficient (Wildman–Crippen LogP) is 2.95. The van der Waals surface area contributed by atoms with E-state index in [0.717, 1.165) is 23.4 Å². The highest BCUT2D eigenvalue weighted by Gasteiger charge is 2.29. The van der Waals surface area contributed by atoms with Crippen molar-refractivity contribution in [3.63, 3.8) is 0 Å². The fraction of sp³-hybridized carbons (Fsp3) is 0.381. The van der Waals surface area contributed by atoms with Gasteiger partial charge >= 0.3 is 0 Å². The monoisotopic (exact) mass is 436 g/mol. The van der Waals surface area contributed by atoms with Gasteiger partial charge in [0.2, 0.25) is 15.9 Å². The molecule has 1 heterocycles. The van der Waals surface area contributed by atoms with Crippen molar-refractivity contribution in [2.45, 2.75) is 24.7 Å². The van der Waals surface area contributed by atoms with E-state index in [-0.39, 0.29) is 44.3 Å². The van der Waals surface area contributed by atoms with E-state index in [1.165, 1.54) is 10.4 Å². The molecule has 1 saturated heterocycles. The Morgan fingerprint density at radius 2 is 1.87 bits per heavy atom. The van der Waals surface area contributed by atoms with Crippen LogP contribution < -0.4 is 10.1 Å². The summed E-state index contributed by atoms with van der Waals surface area (Å²) < 4.78 is 51.6. The number of carbonyl (C=O) groups is 1. The maximum absolute atomic E-state index is 14.2. The molecule has 9 heteroatoms. The van der Waals surface area contributed by atoms with Crippen LogP contribution in [0.2, 0.25) is 0 Å². The first-order valence-corrected chi connectivity index (χ1v) is 11.2. The summed E-state index contributed by atoms with van der Waals surface area (Å²) in [6.07, 6.45) is 0.675. The highest BCUT2D eigenvalue weighted by atomic mass is 32.2. The van der Waals surface area contributed by atoms with Crippen molar-refractivity contribution in [1.29, 1.82) is 0 Å². The molecule has 2 aromatic rings. The molecule has 0 aliphatic carbocycles. The Kier molecular flexibility index (Phi) is 7.41. The number of amides is 1. The third-order valence-electron chi connectivity index (χ3n) is 4.64. The average molecular weight is 437 g/mol. The van der Waals surface area contributed by atoms with Gasteiger partial charge in [0.25, 0.3) is 0 Å². The molecule has 0 atom stereocenters. The van der Waals surface area contributed by atoms with E-state index in [0.29, 0.717) is 13.0 Å². The van der Waals surface area contributed by atoms with E-state index in [4.69, 9.17) is 9.47 Å². The van der Waals surface area contributed by atoms with E-state index < -0.39 is 20.7 Å². The predicted molar refractivity (Wildman–Crippen MR) is 111 cm³/mol. The minimum absolute atomic E-state index is 0.166. The first-order valence-electron chi connectivity index (χ1n) is 9.73. The first kappa shape index (κ1) is 22.2. The number of anilines is 1. The van der Waals surface area contributed by atoms with Gasteiger partial charge in [0.05, 0.1) is 19.8 Å². The molecule has 0 saturated carbocycles. The molecule has 0 radical (unpaired) electrons. The first-order chi connectivity index (χ1) is 14.4.